The molecule has 0 saturated carbocycles. The molecule has 3 aromatic rings. The van der Waals surface area contributed by atoms with E-state index in [2.05, 4.69) is 15.3 Å². The number of hydrogen-bond donors (Lipinski definition) is 1. The number of benzene rings is 2. The largest absolute Gasteiger partial charge is 0.497 e. The van der Waals surface area contributed by atoms with Crippen LogP contribution in [-0.4, -0.2) is 23.0 Å². The van der Waals surface area contributed by atoms with E-state index in [1.807, 2.05) is 30.3 Å². The van der Waals surface area contributed by atoms with Crippen molar-refractivity contribution in [2.24, 2.45) is 0 Å². The summed E-state index contributed by atoms with van der Waals surface area (Å²) in [6, 6.07) is 16.9. The van der Waals surface area contributed by atoms with Gasteiger partial charge in [-0.05, 0) is 30.3 Å². The average Bonchev–Trinajstić information content (AvgIpc) is 2.68. The number of ether oxygens (including phenoxy) is 1. The van der Waals surface area contributed by atoms with E-state index in [0.717, 1.165) is 16.9 Å². The first-order valence-corrected chi connectivity index (χ1v) is 7.75. The van der Waals surface area contributed by atoms with E-state index in [9.17, 15) is 4.79 Å². The first-order chi connectivity index (χ1) is 12.2. The zero-order valence-electron chi connectivity index (χ0n) is 13.7. The molecule has 0 aliphatic carbocycles. The van der Waals surface area contributed by atoms with Crippen molar-refractivity contribution in [3.8, 4) is 17.1 Å². The number of nitrogens with zero attached hydrogens (tertiary/aromatic N) is 2. The Bertz CT molecular complexity index is 858. The molecule has 25 heavy (non-hydrogen) atoms. The van der Waals surface area contributed by atoms with Crippen molar-refractivity contribution in [3.63, 3.8) is 0 Å². The van der Waals surface area contributed by atoms with Crippen LogP contribution in [0.1, 0.15) is 5.56 Å². The fourth-order valence-corrected chi connectivity index (χ4v) is 2.19. The molecule has 1 amide bonds. The molecule has 3 rings (SSSR count). The monoisotopic (exact) mass is 331 g/mol. The van der Waals surface area contributed by atoms with Crippen LogP contribution in [-0.2, 0) is 4.79 Å². The highest BCUT2D eigenvalue weighted by atomic mass is 16.5. The van der Waals surface area contributed by atoms with E-state index in [1.165, 1.54) is 6.08 Å². The van der Waals surface area contributed by atoms with Gasteiger partial charge in [-0.25, -0.2) is 9.97 Å². The molecule has 0 unspecified atom stereocenters. The van der Waals surface area contributed by atoms with Gasteiger partial charge in [0.05, 0.1) is 7.11 Å². The molecule has 124 valence electrons. The summed E-state index contributed by atoms with van der Waals surface area (Å²) in [4.78, 5) is 20.6. The Labute approximate surface area is 146 Å². The van der Waals surface area contributed by atoms with E-state index in [-0.39, 0.29) is 5.91 Å². The van der Waals surface area contributed by atoms with Gasteiger partial charge < -0.3 is 10.1 Å². The van der Waals surface area contributed by atoms with E-state index in [1.54, 1.807) is 49.8 Å². The zero-order chi connectivity index (χ0) is 17.5. The third kappa shape index (κ3) is 4.51. The van der Waals surface area contributed by atoms with Gasteiger partial charge in [-0.15, -0.1) is 0 Å². The van der Waals surface area contributed by atoms with Crippen molar-refractivity contribution in [2.75, 3.05) is 12.4 Å². The predicted molar refractivity (Wildman–Crippen MR) is 98.1 cm³/mol. The van der Waals surface area contributed by atoms with Crippen LogP contribution in [0.3, 0.4) is 0 Å². The van der Waals surface area contributed by atoms with Gasteiger partial charge in [0, 0.05) is 35.3 Å². The molecule has 0 radical (unpaired) electrons. The molecule has 2 aromatic carbocycles. The minimum Gasteiger partial charge on any atom is -0.497 e. The molecule has 0 atom stereocenters. The van der Waals surface area contributed by atoms with Crippen molar-refractivity contribution < 1.29 is 9.53 Å². The van der Waals surface area contributed by atoms with E-state index in [4.69, 9.17) is 4.74 Å². The summed E-state index contributed by atoms with van der Waals surface area (Å²) in [5.74, 6) is 1.17. The van der Waals surface area contributed by atoms with Crippen LogP contribution in [0, 0.1) is 0 Å². The van der Waals surface area contributed by atoms with Gasteiger partial charge in [-0.1, -0.05) is 30.3 Å². The minimum absolute atomic E-state index is 0.225. The molecule has 1 aromatic heterocycles. The molecule has 1 N–H and O–H groups in total. The number of rotatable bonds is 5. The summed E-state index contributed by atoms with van der Waals surface area (Å²) in [5, 5.41) is 2.78. The second-order valence-corrected chi connectivity index (χ2v) is 5.26. The number of anilines is 1. The highest BCUT2D eigenvalue weighted by Crippen LogP contribution is 2.15. The van der Waals surface area contributed by atoms with E-state index >= 15 is 0 Å². The maximum atomic E-state index is 12.0. The molecular formula is C20H17N3O2. The Morgan fingerprint density at radius 2 is 1.68 bits per heavy atom. The third-order valence-corrected chi connectivity index (χ3v) is 3.49. The van der Waals surface area contributed by atoms with Crippen LogP contribution in [0.2, 0.25) is 0 Å². The lowest BCUT2D eigenvalue weighted by atomic mass is 10.2. The van der Waals surface area contributed by atoms with Crippen molar-refractivity contribution >= 4 is 17.7 Å². The first-order valence-electron chi connectivity index (χ1n) is 7.75. The molecule has 0 spiro atoms. The standard InChI is InChI=1S/C20H17N3O2/c1-25-18-10-8-17(9-11-18)23-19(24)12-7-15-13-21-20(22-14-15)16-5-3-2-4-6-16/h2-14H,1H3,(H,23,24)/b12-7+. The van der Waals surface area contributed by atoms with Gasteiger partial charge in [0.1, 0.15) is 5.75 Å². The lowest BCUT2D eigenvalue weighted by Crippen LogP contribution is -2.07. The second kappa shape index (κ2) is 7.88. The normalized spacial score (nSPS) is 10.6. The summed E-state index contributed by atoms with van der Waals surface area (Å²) in [5.41, 5.74) is 2.41. The number of amides is 1. The third-order valence-electron chi connectivity index (χ3n) is 3.49. The summed E-state index contributed by atoms with van der Waals surface area (Å²) in [6.45, 7) is 0. The Kier molecular flexibility index (Phi) is 5.16. The maximum absolute atomic E-state index is 12.0. The Morgan fingerprint density at radius 1 is 1.00 bits per heavy atom. The van der Waals surface area contributed by atoms with E-state index < -0.39 is 0 Å². The highest BCUT2D eigenvalue weighted by molar-refractivity contribution is 6.01. The Balaban J connectivity index is 1.62. The van der Waals surface area contributed by atoms with Gasteiger partial charge in [-0.2, -0.15) is 0 Å². The predicted octanol–water partition coefficient (Wildman–Crippen LogP) is 3.80. The number of nitrogens with one attached hydrogen (secondary N) is 1. The van der Waals surface area contributed by atoms with E-state index in [0.29, 0.717) is 11.5 Å². The first kappa shape index (κ1) is 16.4. The molecule has 1 heterocycles. The molecule has 0 fully saturated rings. The smallest absolute Gasteiger partial charge is 0.248 e. The SMILES string of the molecule is COc1ccc(NC(=O)/C=C/c2cnc(-c3ccccc3)nc2)cc1. The quantitative estimate of drug-likeness (QED) is 0.722. The number of aromatic nitrogens is 2. The molecule has 0 bridgehead atoms. The van der Waals surface area contributed by atoms with Crippen LogP contribution in [0.5, 0.6) is 5.75 Å². The average molecular weight is 331 g/mol. The molecule has 5 nitrogen and oxygen atoms in total. The lowest BCUT2D eigenvalue weighted by Gasteiger charge is -2.03. The van der Waals surface area contributed by atoms with Crippen LogP contribution >= 0.6 is 0 Å². The highest BCUT2D eigenvalue weighted by Gasteiger charge is 2.01. The molecule has 0 aliphatic heterocycles. The second-order valence-electron chi connectivity index (χ2n) is 5.26. The Hall–Kier alpha value is -3.47. The number of carbonyl (C=O) groups excluding carboxylic acids is 1. The number of carbonyl (C=O) groups is 1. The summed E-state index contributed by atoms with van der Waals surface area (Å²) < 4.78 is 5.08. The summed E-state index contributed by atoms with van der Waals surface area (Å²) in [7, 11) is 1.60. The fourth-order valence-electron chi connectivity index (χ4n) is 2.19. The fraction of sp³-hybridized carbons (Fsp3) is 0.0500. The molecule has 0 saturated heterocycles. The molecular weight excluding hydrogens is 314 g/mol. The molecule has 5 heteroatoms. The number of hydrogen-bond acceptors (Lipinski definition) is 4. The maximum Gasteiger partial charge on any atom is 0.248 e. The topological polar surface area (TPSA) is 64.1 Å². The van der Waals surface area contributed by atoms with Crippen molar-refractivity contribution in [1.82, 2.24) is 9.97 Å². The lowest BCUT2D eigenvalue weighted by molar-refractivity contribution is -0.111. The van der Waals surface area contributed by atoms with Crippen molar-refractivity contribution in [2.45, 2.75) is 0 Å². The van der Waals surface area contributed by atoms with Gasteiger partial charge >= 0.3 is 0 Å². The van der Waals surface area contributed by atoms with Crippen LogP contribution in [0.25, 0.3) is 17.5 Å². The van der Waals surface area contributed by atoms with Crippen molar-refractivity contribution in [1.29, 1.82) is 0 Å². The number of methoxy groups -OCH3 is 1. The minimum atomic E-state index is -0.225. The van der Waals surface area contributed by atoms with Gasteiger partial charge in [-0.3, -0.25) is 4.79 Å². The van der Waals surface area contributed by atoms with Gasteiger partial charge in [0.15, 0.2) is 5.82 Å². The Morgan fingerprint density at radius 3 is 2.32 bits per heavy atom. The zero-order valence-corrected chi connectivity index (χ0v) is 13.7. The van der Waals surface area contributed by atoms with Crippen LogP contribution in [0.15, 0.2) is 73.1 Å². The van der Waals surface area contributed by atoms with Crippen LogP contribution < -0.4 is 10.1 Å². The van der Waals surface area contributed by atoms with Gasteiger partial charge in [0.2, 0.25) is 5.91 Å². The summed E-state index contributed by atoms with van der Waals surface area (Å²) in [6.07, 6.45) is 6.50. The van der Waals surface area contributed by atoms with Crippen molar-refractivity contribution in [3.05, 3.63) is 78.6 Å². The van der Waals surface area contributed by atoms with Gasteiger partial charge in [0.25, 0.3) is 0 Å². The van der Waals surface area contributed by atoms with Crippen LogP contribution in [0.4, 0.5) is 5.69 Å². The summed E-state index contributed by atoms with van der Waals surface area (Å²) >= 11 is 0. The molecule has 0 aliphatic rings.